The third-order valence-electron chi connectivity index (χ3n) is 3.67. The second-order valence-corrected chi connectivity index (χ2v) is 5.46. The smallest absolute Gasteiger partial charge is 0.257 e. The first-order chi connectivity index (χ1) is 11.5. The van der Waals surface area contributed by atoms with Crippen LogP contribution in [0.25, 0.3) is 0 Å². The maximum absolute atomic E-state index is 12.6. The number of rotatable bonds is 7. The van der Waals surface area contributed by atoms with Crippen molar-refractivity contribution in [3.05, 3.63) is 53.6 Å². The van der Waals surface area contributed by atoms with Crippen molar-refractivity contribution in [2.75, 3.05) is 34.4 Å². The molecule has 0 aliphatic rings. The minimum absolute atomic E-state index is 0.123. The van der Waals surface area contributed by atoms with E-state index in [2.05, 4.69) is 0 Å². The van der Waals surface area contributed by atoms with Gasteiger partial charge in [0.1, 0.15) is 23.9 Å². The van der Waals surface area contributed by atoms with Crippen molar-refractivity contribution in [3.63, 3.8) is 0 Å². The van der Waals surface area contributed by atoms with Crippen molar-refractivity contribution in [3.8, 4) is 17.2 Å². The van der Waals surface area contributed by atoms with Gasteiger partial charge < -0.3 is 19.1 Å². The maximum atomic E-state index is 12.6. The molecule has 1 amide bonds. The van der Waals surface area contributed by atoms with Gasteiger partial charge in [-0.1, -0.05) is 12.1 Å². The molecule has 0 fully saturated rings. The fourth-order valence-electron chi connectivity index (χ4n) is 2.29. The summed E-state index contributed by atoms with van der Waals surface area (Å²) in [6.07, 6.45) is 0. The number of carbonyl (C=O) groups excluding carboxylic acids is 1. The molecule has 0 radical (unpaired) electrons. The van der Waals surface area contributed by atoms with E-state index in [-0.39, 0.29) is 5.91 Å². The van der Waals surface area contributed by atoms with E-state index in [1.807, 2.05) is 31.2 Å². The second kappa shape index (κ2) is 8.24. The van der Waals surface area contributed by atoms with E-state index in [1.54, 1.807) is 37.3 Å². The Bertz CT molecular complexity index is 700. The van der Waals surface area contributed by atoms with Gasteiger partial charge in [0.25, 0.3) is 5.91 Å². The van der Waals surface area contributed by atoms with E-state index in [4.69, 9.17) is 14.2 Å². The first kappa shape index (κ1) is 17.7. The number of methoxy groups -OCH3 is 2. The van der Waals surface area contributed by atoms with Gasteiger partial charge in [-0.2, -0.15) is 0 Å². The summed E-state index contributed by atoms with van der Waals surface area (Å²) < 4.78 is 16.1. The molecule has 24 heavy (non-hydrogen) atoms. The lowest BCUT2D eigenvalue weighted by Gasteiger charge is -2.19. The molecular weight excluding hydrogens is 306 g/mol. The van der Waals surface area contributed by atoms with Gasteiger partial charge in [0, 0.05) is 13.1 Å². The molecule has 5 nitrogen and oxygen atoms in total. The highest BCUT2D eigenvalue weighted by Gasteiger charge is 2.17. The van der Waals surface area contributed by atoms with Gasteiger partial charge in [0.15, 0.2) is 0 Å². The lowest BCUT2D eigenvalue weighted by molar-refractivity contribution is 0.0770. The van der Waals surface area contributed by atoms with Crippen LogP contribution < -0.4 is 14.2 Å². The van der Waals surface area contributed by atoms with Gasteiger partial charge in [-0.05, 0) is 36.8 Å². The van der Waals surface area contributed by atoms with Crippen molar-refractivity contribution < 1.29 is 19.0 Å². The first-order valence-electron chi connectivity index (χ1n) is 7.72. The number of likely N-dealkylation sites (N-methyl/N-ethyl adjacent to an activating group) is 1. The lowest BCUT2D eigenvalue weighted by atomic mass is 10.1. The quantitative estimate of drug-likeness (QED) is 0.783. The summed E-state index contributed by atoms with van der Waals surface area (Å²) in [6.45, 7) is 2.91. The summed E-state index contributed by atoms with van der Waals surface area (Å²) in [6, 6.07) is 13.0. The zero-order valence-corrected chi connectivity index (χ0v) is 14.5. The van der Waals surface area contributed by atoms with Gasteiger partial charge >= 0.3 is 0 Å². The van der Waals surface area contributed by atoms with Crippen LogP contribution in [0.1, 0.15) is 15.9 Å². The molecule has 0 unspecified atom stereocenters. The topological polar surface area (TPSA) is 48.0 Å². The first-order valence-corrected chi connectivity index (χ1v) is 7.72. The molecule has 0 aliphatic carbocycles. The Kier molecular flexibility index (Phi) is 6.07. The molecule has 0 N–H and O–H groups in total. The number of hydrogen-bond acceptors (Lipinski definition) is 4. The van der Waals surface area contributed by atoms with E-state index >= 15 is 0 Å². The van der Waals surface area contributed by atoms with Gasteiger partial charge in [-0.15, -0.1) is 0 Å². The van der Waals surface area contributed by atoms with Crippen LogP contribution in [0, 0.1) is 6.92 Å². The zero-order valence-electron chi connectivity index (χ0n) is 14.5. The van der Waals surface area contributed by atoms with E-state index in [1.165, 1.54) is 7.11 Å². The molecule has 128 valence electrons. The number of ether oxygens (including phenoxy) is 3. The van der Waals surface area contributed by atoms with E-state index in [0.717, 1.165) is 11.3 Å². The number of nitrogens with zero attached hydrogens (tertiary/aromatic N) is 1. The van der Waals surface area contributed by atoms with Gasteiger partial charge in [0.2, 0.25) is 0 Å². The highest BCUT2D eigenvalue weighted by atomic mass is 16.5. The Labute approximate surface area is 142 Å². The zero-order chi connectivity index (χ0) is 17.5. The molecule has 5 heteroatoms. The molecule has 2 aromatic rings. The van der Waals surface area contributed by atoms with Crippen LogP contribution in [0.3, 0.4) is 0 Å². The number of carbonyl (C=O) groups is 1. The molecule has 0 heterocycles. The maximum Gasteiger partial charge on any atom is 0.257 e. The predicted molar refractivity (Wildman–Crippen MR) is 93.2 cm³/mol. The average Bonchev–Trinajstić information content (AvgIpc) is 2.60. The third kappa shape index (κ3) is 4.41. The summed E-state index contributed by atoms with van der Waals surface area (Å²) in [7, 11) is 4.85. The average molecular weight is 329 g/mol. The highest BCUT2D eigenvalue weighted by molar-refractivity contribution is 5.97. The monoisotopic (exact) mass is 329 g/mol. The van der Waals surface area contributed by atoms with Crippen LogP contribution in [-0.4, -0.2) is 45.2 Å². The standard InChI is InChI=1S/C19H23NO4/c1-14-6-5-7-16(12-14)24-11-10-20(2)19(21)17-9-8-15(22-3)13-18(17)23-4/h5-9,12-13H,10-11H2,1-4H3. The summed E-state index contributed by atoms with van der Waals surface area (Å²) in [5, 5.41) is 0. The Hall–Kier alpha value is -2.69. The van der Waals surface area contributed by atoms with Crippen LogP contribution >= 0.6 is 0 Å². The fraction of sp³-hybridized carbons (Fsp3) is 0.316. The minimum Gasteiger partial charge on any atom is -0.497 e. The van der Waals surface area contributed by atoms with Crippen molar-refractivity contribution in [2.45, 2.75) is 6.92 Å². The summed E-state index contributed by atoms with van der Waals surface area (Å²) in [5.74, 6) is 1.82. The fourth-order valence-corrected chi connectivity index (χ4v) is 2.29. The largest absolute Gasteiger partial charge is 0.497 e. The summed E-state index contributed by atoms with van der Waals surface area (Å²) >= 11 is 0. The molecule has 0 saturated heterocycles. The molecular formula is C19H23NO4. The van der Waals surface area contributed by atoms with Crippen LogP contribution in [-0.2, 0) is 0 Å². The predicted octanol–water partition coefficient (Wildman–Crippen LogP) is 3.16. The third-order valence-corrected chi connectivity index (χ3v) is 3.67. The Morgan fingerprint density at radius 1 is 1.04 bits per heavy atom. The van der Waals surface area contributed by atoms with Crippen molar-refractivity contribution >= 4 is 5.91 Å². The highest BCUT2D eigenvalue weighted by Crippen LogP contribution is 2.25. The van der Waals surface area contributed by atoms with Crippen LogP contribution in [0.4, 0.5) is 0 Å². The van der Waals surface area contributed by atoms with Crippen LogP contribution in [0.2, 0.25) is 0 Å². The SMILES string of the molecule is COc1ccc(C(=O)N(C)CCOc2cccc(C)c2)c(OC)c1. The van der Waals surface area contributed by atoms with Crippen molar-refractivity contribution in [2.24, 2.45) is 0 Å². The number of benzene rings is 2. The van der Waals surface area contributed by atoms with Crippen LogP contribution in [0.15, 0.2) is 42.5 Å². The van der Waals surface area contributed by atoms with Crippen molar-refractivity contribution in [1.29, 1.82) is 0 Å². The minimum atomic E-state index is -0.123. The van der Waals surface area contributed by atoms with Crippen molar-refractivity contribution in [1.82, 2.24) is 4.90 Å². The summed E-state index contributed by atoms with van der Waals surface area (Å²) in [5.41, 5.74) is 1.64. The number of aryl methyl sites for hydroxylation is 1. The normalized spacial score (nSPS) is 10.2. The van der Waals surface area contributed by atoms with Gasteiger partial charge in [0.05, 0.1) is 26.3 Å². The lowest BCUT2D eigenvalue weighted by Crippen LogP contribution is -2.31. The molecule has 0 aliphatic heterocycles. The van der Waals surface area contributed by atoms with E-state index in [0.29, 0.717) is 30.2 Å². The van der Waals surface area contributed by atoms with Gasteiger partial charge in [-0.25, -0.2) is 0 Å². The number of amides is 1. The van der Waals surface area contributed by atoms with E-state index in [9.17, 15) is 4.79 Å². The molecule has 0 aromatic heterocycles. The second-order valence-electron chi connectivity index (χ2n) is 5.46. The molecule has 0 bridgehead atoms. The number of hydrogen-bond donors (Lipinski definition) is 0. The Morgan fingerprint density at radius 2 is 1.83 bits per heavy atom. The molecule has 0 saturated carbocycles. The molecule has 2 rings (SSSR count). The van der Waals surface area contributed by atoms with Gasteiger partial charge in [-0.3, -0.25) is 4.79 Å². The Balaban J connectivity index is 1.97. The molecule has 0 atom stereocenters. The Morgan fingerprint density at radius 3 is 2.50 bits per heavy atom. The summed E-state index contributed by atoms with van der Waals surface area (Å²) in [4.78, 5) is 14.2. The van der Waals surface area contributed by atoms with Crippen LogP contribution in [0.5, 0.6) is 17.2 Å². The molecule has 2 aromatic carbocycles. The van der Waals surface area contributed by atoms with E-state index < -0.39 is 0 Å². The molecule has 0 spiro atoms.